The third-order valence-electron chi connectivity index (χ3n) is 3.79. The SMILES string of the molecule is Cc1noc(C)c1S(=O)(=O)NC(C)C(=O)N1CCOC(CC(=O)O)C1. The molecule has 0 aromatic carbocycles. The van der Waals surface area contributed by atoms with Gasteiger partial charge in [-0.2, -0.15) is 4.72 Å². The van der Waals surface area contributed by atoms with Crippen LogP contribution in [0.15, 0.2) is 9.42 Å². The Balaban J connectivity index is 2.06. The van der Waals surface area contributed by atoms with Crippen LogP contribution in [-0.2, 0) is 24.3 Å². The average Bonchev–Trinajstić information content (AvgIpc) is 2.85. The van der Waals surface area contributed by atoms with Crippen LogP contribution in [0.2, 0.25) is 0 Å². The van der Waals surface area contributed by atoms with Crippen molar-refractivity contribution in [1.29, 1.82) is 0 Å². The van der Waals surface area contributed by atoms with Gasteiger partial charge in [0, 0.05) is 13.1 Å². The molecule has 2 unspecified atom stereocenters. The number of nitrogens with one attached hydrogen (secondary N) is 1. The van der Waals surface area contributed by atoms with Gasteiger partial charge in [-0.05, 0) is 20.8 Å². The zero-order valence-electron chi connectivity index (χ0n) is 14.2. The van der Waals surface area contributed by atoms with Crippen molar-refractivity contribution in [2.75, 3.05) is 19.7 Å². The summed E-state index contributed by atoms with van der Waals surface area (Å²) < 4.78 is 37.4. The summed E-state index contributed by atoms with van der Waals surface area (Å²) in [6.45, 7) is 4.97. The second-order valence-electron chi connectivity index (χ2n) is 5.87. The van der Waals surface area contributed by atoms with Gasteiger partial charge in [-0.3, -0.25) is 9.59 Å². The molecule has 1 aliphatic rings. The van der Waals surface area contributed by atoms with Gasteiger partial charge in [-0.1, -0.05) is 5.16 Å². The molecule has 1 aliphatic heterocycles. The highest BCUT2D eigenvalue weighted by Gasteiger charge is 2.32. The maximum absolute atomic E-state index is 12.5. The smallest absolute Gasteiger partial charge is 0.306 e. The molecule has 10 nitrogen and oxygen atoms in total. The molecule has 11 heteroatoms. The van der Waals surface area contributed by atoms with Crippen LogP contribution >= 0.6 is 0 Å². The van der Waals surface area contributed by atoms with E-state index in [0.717, 1.165) is 0 Å². The molecule has 25 heavy (non-hydrogen) atoms. The number of aromatic nitrogens is 1. The summed E-state index contributed by atoms with van der Waals surface area (Å²) in [6.07, 6.45) is -0.829. The number of aliphatic carboxylic acids is 1. The number of carbonyl (C=O) groups excluding carboxylic acids is 1. The van der Waals surface area contributed by atoms with Gasteiger partial charge in [0.15, 0.2) is 5.76 Å². The number of aryl methyl sites for hydroxylation is 2. The lowest BCUT2D eigenvalue weighted by atomic mass is 10.2. The first-order chi connectivity index (χ1) is 11.6. The second kappa shape index (κ2) is 7.50. The van der Waals surface area contributed by atoms with Gasteiger partial charge in [-0.25, -0.2) is 8.42 Å². The average molecular weight is 375 g/mol. The van der Waals surface area contributed by atoms with Crippen molar-refractivity contribution < 1.29 is 32.4 Å². The largest absolute Gasteiger partial charge is 0.481 e. The number of sulfonamides is 1. The molecule has 1 aromatic heterocycles. The van der Waals surface area contributed by atoms with Crippen LogP contribution in [0.5, 0.6) is 0 Å². The molecule has 2 N–H and O–H groups in total. The van der Waals surface area contributed by atoms with Crippen molar-refractivity contribution in [3.8, 4) is 0 Å². The molecular formula is C14H21N3O7S. The van der Waals surface area contributed by atoms with E-state index in [1.807, 2.05) is 0 Å². The summed E-state index contributed by atoms with van der Waals surface area (Å²) in [5, 5.41) is 12.4. The van der Waals surface area contributed by atoms with E-state index >= 15 is 0 Å². The molecular weight excluding hydrogens is 354 g/mol. The van der Waals surface area contributed by atoms with Gasteiger partial charge < -0.3 is 19.3 Å². The molecule has 0 aliphatic carbocycles. The molecule has 2 rings (SSSR count). The van der Waals surface area contributed by atoms with Gasteiger partial charge in [-0.15, -0.1) is 0 Å². The zero-order chi connectivity index (χ0) is 18.8. The number of amides is 1. The predicted molar refractivity (Wildman–Crippen MR) is 84.3 cm³/mol. The van der Waals surface area contributed by atoms with E-state index in [0.29, 0.717) is 0 Å². The number of nitrogens with zero attached hydrogens (tertiary/aromatic N) is 2. The monoisotopic (exact) mass is 375 g/mol. The Morgan fingerprint density at radius 2 is 2.12 bits per heavy atom. The Hall–Kier alpha value is -1.98. The number of carboxylic acids is 1. The van der Waals surface area contributed by atoms with Crippen LogP contribution in [-0.4, -0.2) is 67.3 Å². The van der Waals surface area contributed by atoms with Crippen LogP contribution in [0.4, 0.5) is 0 Å². The quantitative estimate of drug-likeness (QED) is 0.688. The van der Waals surface area contributed by atoms with Gasteiger partial charge in [0.1, 0.15) is 10.6 Å². The number of rotatable bonds is 6. The highest BCUT2D eigenvalue weighted by Crippen LogP contribution is 2.19. The van der Waals surface area contributed by atoms with E-state index in [2.05, 4.69) is 9.88 Å². The molecule has 0 saturated carbocycles. The number of hydrogen-bond acceptors (Lipinski definition) is 7. The Kier molecular flexibility index (Phi) is 5.80. The van der Waals surface area contributed by atoms with Crippen LogP contribution in [0, 0.1) is 13.8 Å². The van der Waals surface area contributed by atoms with Crippen molar-refractivity contribution in [2.24, 2.45) is 0 Å². The molecule has 0 spiro atoms. The predicted octanol–water partition coefficient (Wildman–Crippen LogP) is -0.340. The Labute approximate surface area is 145 Å². The summed E-state index contributed by atoms with van der Waals surface area (Å²) in [7, 11) is -3.97. The van der Waals surface area contributed by atoms with Crippen molar-refractivity contribution >= 4 is 21.9 Å². The first-order valence-corrected chi connectivity index (χ1v) is 9.17. The standard InChI is InChI=1S/C14H21N3O7S/c1-8-13(10(3)24-15-8)25(21,22)16-9(2)14(20)17-4-5-23-11(7-17)6-12(18)19/h9,11,16H,4-7H2,1-3H3,(H,18,19). The van der Waals surface area contributed by atoms with Crippen molar-refractivity contribution in [1.82, 2.24) is 14.8 Å². The van der Waals surface area contributed by atoms with E-state index < -0.39 is 34.0 Å². The lowest BCUT2D eigenvalue weighted by Crippen LogP contribution is -2.53. The third-order valence-corrected chi connectivity index (χ3v) is 5.58. The number of ether oxygens (including phenoxy) is 1. The summed E-state index contributed by atoms with van der Waals surface area (Å²) in [5.41, 5.74) is 0.206. The minimum Gasteiger partial charge on any atom is -0.481 e. The zero-order valence-corrected chi connectivity index (χ0v) is 15.0. The molecule has 140 valence electrons. The molecule has 2 atom stereocenters. The van der Waals surface area contributed by atoms with Gasteiger partial charge in [0.25, 0.3) is 0 Å². The lowest BCUT2D eigenvalue weighted by molar-refractivity contribution is -0.148. The van der Waals surface area contributed by atoms with E-state index in [1.54, 1.807) is 0 Å². The minimum absolute atomic E-state index is 0.0853. The molecule has 1 saturated heterocycles. The molecule has 2 heterocycles. The van der Waals surface area contributed by atoms with E-state index in [9.17, 15) is 18.0 Å². The van der Waals surface area contributed by atoms with Crippen LogP contribution < -0.4 is 4.72 Å². The molecule has 1 aromatic rings. The summed E-state index contributed by atoms with van der Waals surface area (Å²) in [5.74, 6) is -1.34. The molecule has 0 bridgehead atoms. The fourth-order valence-corrected chi connectivity index (χ4v) is 4.24. The van der Waals surface area contributed by atoms with Gasteiger partial charge in [0.2, 0.25) is 15.9 Å². The highest BCUT2D eigenvalue weighted by atomic mass is 32.2. The first-order valence-electron chi connectivity index (χ1n) is 7.69. The number of morpholine rings is 1. The Morgan fingerprint density at radius 1 is 1.44 bits per heavy atom. The summed E-state index contributed by atoms with van der Waals surface area (Å²) >= 11 is 0. The second-order valence-corrected chi connectivity index (χ2v) is 7.52. The lowest BCUT2D eigenvalue weighted by Gasteiger charge is -2.33. The topological polar surface area (TPSA) is 139 Å². The molecule has 1 fully saturated rings. The Morgan fingerprint density at radius 3 is 2.68 bits per heavy atom. The number of carbonyl (C=O) groups is 2. The summed E-state index contributed by atoms with van der Waals surface area (Å²) in [6, 6.07) is -1.03. The number of hydrogen-bond donors (Lipinski definition) is 2. The van der Waals surface area contributed by atoms with Gasteiger partial charge in [0.05, 0.1) is 25.2 Å². The van der Waals surface area contributed by atoms with E-state index in [4.69, 9.17) is 14.4 Å². The number of carboxylic acid groups (broad SMARTS) is 1. The minimum atomic E-state index is -3.97. The summed E-state index contributed by atoms with van der Waals surface area (Å²) in [4.78, 5) is 24.6. The van der Waals surface area contributed by atoms with Crippen molar-refractivity contribution in [2.45, 2.75) is 44.2 Å². The fourth-order valence-electron chi connectivity index (χ4n) is 2.71. The molecule has 0 radical (unpaired) electrons. The fraction of sp³-hybridized carbons (Fsp3) is 0.643. The van der Waals surface area contributed by atoms with Crippen LogP contribution in [0.3, 0.4) is 0 Å². The van der Waals surface area contributed by atoms with Gasteiger partial charge >= 0.3 is 5.97 Å². The Bertz CT molecular complexity index is 739. The normalized spacial score (nSPS) is 19.6. The van der Waals surface area contributed by atoms with E-state index in [1.165, 1.54) is 25.7 Å². The van der Waals surface area contributed by atoms with Crippen LogP contribution in [0.1, 0.15) is 24.8 Å². The highest BCUT2D eigenvalue weighted by molar-refractivity contribution is 7.89. The van der Waals surface area contributed by atoms with Crippen LogP contribution in [0.25, 0.3) is 0 Å². The van der Waals surface area contributed by atoms with E-state index in [-0.39, 0.29) is 42.5 Å². The maximum Gasteiger partial charge on any atom is 0.306 e. The van der Waals surface area contributed by atoms with Crippen molar-refractivity contribution in [3.63, 3.8) is 0 Å². The van der Waals surface area contributed by atoms with Crippen molar-refractivity contribution in [3.05, 3.63) is 11.5 Å². The third kappa shape index (κ3) is 4.55. The maximum atomic E-state index is 12.5. The first kappa shape index (κ1) is 19.3. The molecule has 1 amide bonds.